The van der Waals surface area contributed by atoms with Crippen molar-refractivity contribution in [2.45, 2.75) is 6.54 Å². The summed E-state index contributed by atoms with van der Waals surface area (Å²) in [6.07, 6.45) is 6.53. The minimum Gasteiger partial charge on any atom is -0.348 e. The first-order valence-corrected chi connectivity index (χ1v) is 10.8. The Morgan fingerprint density at radius 3 is 2.69 bits per heavy atom. The molecule has 3 aromatic heterocycles. The topological polar surface area (TPSA) is 64.7 Å². The second-order valence-electron chi connectivity index (χ2n) is 7.09. The molecule has 5 rings (SSSR count). The maximum absolute atomic E-state index is 14.5. The third-order valence-electron chi connectivity index (χ3n) is 4.98. The molecule has 158 valence electrons. The second-order valence-corrected chi connectivity index (χ2v) is 8.03. The highest BCUT2D eigenvalue weighted by atomic mass is 32.1. The summed E-state index contributed by atoms with van der Waals surface area (Å²) in [5, 5.41) is 9.49. The van der Waals surface area contributed by atoms with E-state index in [9.17, 15) is 9.18 Å². The maximum Gasteiger partial charge on any atom is 0.255 e. The normalized spacial score (nSPS) is 10.9. The summed E-state index contributed by atoms with van der Waals surface area (Å²) in [6.45, 7) is 0.195. The number of benzene rings is 2. The van der Waals surface area contributed by atoms with E-state index < -0.39 is 0 Å². The molecule has 1 N–H and O–H groups in total. The Kier molecular flexibility index (Phi) is 5.35. The molecule has 0 fully saturated rings. The zero-order valence-electron chi connectivity index (χ0n) is 16.9. The molecule has 0 spiro atoms. The van der Waals surface area contributed by atoms with Crippen LogP contribution in [0.5, 0.6) is 0 Å². The Hall–Kier alpha value is -4.04. The number of nitrogens with zero attached hydrogens (tertiary/aromatic N) is 4. The van der Waals surface area contributed by atoms with Gasteiger partial charge in [-0.2, -0.15) is 5.10 Å². The molecule has 0 bridgehead atoms. The first-order valence-electron chi connectivity index (χ1n) is 9.93. The number of rotatable bonds is 6. The van der Waals surface area contributed by atoms with E-state index in [1.54, 1.807) is 40.0 Å². The number of thiophene rings is 1. The van der Waals surface area contributed by atoms with Gasteiger partial charge >= 0.3 is 0 Å². The smallest absolute Gasteiger partial charge is 0.255 e. The van der Waals surface area contributed by atoms with Crippen LogP contribution in [-0.2, 0) is 6.54 Å². The van der Waals surface area contributed by atoms with Crippen LogP contribution in [0.1, 0.15) is 15.9 Å². The van der Waals surface area contributed by atoms with Crippen molar-refractivity contribution in [1.82, 2.24) is 24.6 Å². The van der Waals surface area contributed by atoms with Crippen molar-refractivity contribution in [2.75, 3.05) is 0 Å². The van der Waals surface area contributed by atoms with Crippen LogP contribution in [0.2, 0.25) is 0 Å². The van der Waals surface area contributed by atoms with Crippen molar-refractivity contribution in [3.05, 3.63) is 108 Å². The van der Waals surface area contributed by atoms with Crippen LogP contribution in [0.3, 0.4) is 0 Å². The quantitative estimate of drug-likeness (QED) is 0.408. The van der Waals surface area contributed by atoms with Gasteiger partial charge in [-0.25, -0.2) is 14.1 Å². The molecule has 2 aromatic carbocycles. The number of aromatic nitrogens is 4. The van der Waals surface area contributed by atoms with Gasteiger partial charge in [-0.1, -0.05) is 30.3 Å². The van der Waals surface area contributed by atoms with Crippen molar-refractivity contribution >= 4 is 17.2 Å². The van der Waals surface area contributed by atoms with Crippen molar-refractivity contribution in [1.29, 1.82) is 0 Å². The Bertz CT molecular complexity index is 1340. The molecule has 0 atom stereocenters. The van der Waals surface area contributed by atoms with Gasteiger partial charge in [0.05, 0.1) is 28.1 Å². The lowest BCUT2D eigenvalue weighted by Gasteiger charge is -2.08. The second kappa shape index (κ2) is 8.60. The summed E-state index contributed by atoms with van der Waals surface area (Å²) in [7, 11) is 0. The fourth-order valence-electron chi connectivity index (χ4n) is 3.40. The Balaban J connectivity index is 1.38. The molecule has 3 heterocycles. The van der Waals surface area contributed by atoms with Crippen LogP contribution >= 0.6 is 11.3 Å². The van der Waals surface area contributed by atoms with Gasteiger partial charge in [0.1, 0.15) is 11.5 Å². The molecule has 0 radical (unpaired) electrons. The number of imidazole rings is 1. The number of hydrogen-bond donors (Lipinski definition) is 1. The number of hydrogen-bond acceptors (Lipinski definition) is 4. The molecule has 0 unspecified atom stereocenters. The van der Waals surface area contributed by atoms with Crippen molar-refractivity contribution in [3.8, 4) is 21.9 Å². The van der Waals surface area contributed by atoms with Crippen molar-refractivity contribution < 1.29 is 9.18 Å². The van der Waals surface area contributed by atoms with E-state index in [1.807, 2.05) is 47.8 Å². The molecule has 0 aliphatic rings. The first-order chi connectivity index (χ1) is 15.7. The fraction of sp³-hybridized carbons (Fsp3) is 0.0417. The molecule has 1 amide bonds. The molecule has 32 heavy (non-hydrogen) atoms. The van der Waals surface area contributed by atoms with E-state index in [4.69, 9.17) is 0 Å². The summed E-state index contributed by atoms with van der Waals surface area (Å²) < 4.78 is 17.8. The lowest BCUT2D eigenvalue weighted by Crippen LogP contribution is -2.23. The fourth-order valence-corrected chi connectivity index (χ4v) is 4.12. The van der Waals surface area contributed by atoms with Crippen molar-refractivity contribution in [2.24, 2.45) is 0 Å². The van der Waals surface area contributed by atoms with Gasteiger partial charge in [0.25, 0.3) is 5.91 Å². The van der Waals surface area contributed by atoms with E-state index in [2.05, 4.69) is 15.4 Å². The third kappa shape index (κ3) is 3.95. The summed E-state index contributed by atoms with van der Waals surface area (Å²) in [4.78, 5) is 17.9. The minimum atomic E-state index is -0.383. The third-order valence-corrected chi connectivity index (χ3v) is 5.86. The van der Waals surface area contributed by atoms with Gasteiger partial charge < -0.3 is 9.88 Å². The van der Waals surface area contributed by atoms with E-state index in [0.717, 1.165) is 10.6 Å². The van der Waals surface area contributed by atoms with Gasteiger partial charge in [0, 0.05) is 25.1 Å². The summed E-state index contributed by atoms with van der Waals surface area (Å²) in [5.74, 6) is -0.652. The van der Waals surface area contributed by atoms with E-state index in [-0.39, 0.29) is 18.3 Å². The monoisotopic (exact) mass is 443 g/mol. The molecule has 0 aliphatic carbocycles. The van der Waals surface area contributed by atoms with Crippen LogP contribution in [-0.4, -0.2) is 25.2 Å². The van der Waals surface area contributed by atoms with Crippen LogP contribution in [0.4, 0.5) is 4.39 Å². The Morgan fingerprint density at radius 2 is 1.97 bits per heavy atom. The van der Waals surface area contributed by atoms with Crippen LogP contribution in [0.25, 0.3) is 21.9 Å². The minimum absolute atomic E-state index is 0.195. The highest BCUT2D eigenvalue weighted by molar-refractivity contribution is 7.13. The van der Waals surface area contributed by atoms with Gasteiger partial charge in [-0.15, -0.1) is 11.3 Å². The first kappa shape index (κ1) is 19.9. The molecule has 0 aliphatic heterocycles. The van der Waals surface area contributed by atoms with Crippen LogP contribution in [0, 0.1) is 5.82 Å². The van der Waals surface area contributed by atoms with E-state index in [1.165, 1.54) is 23.7 Å². The van der Waals surface area contributed by atoms with E-state index in [0.29, 0.717) is 22.5 Å². The highest BCUT2D eigenvalue weighted by Crippen LogP contribution is 2.28. The van der Waals surface area contributed by atoms with Gasteiger partial charge in [-0.05, 0) is 41.3 Å². The molecule has 5 aromatic rings. The number of carbonyl (C=O) groups excluding carboxylic acids is 1. The summed E-state index contributed by atoms with van der Waals surface area (Å²) in [5.41, 5.74) is 3.01. The number of nitrogens with one attached hydrogen (secondary N) is 1. The maximum atomic E-state index is 14.5. The lowest BCUT2D eigenvalue weighted by atomic mass is 10.1. The molecule has 0 saturated carbocycles. The molecule has 0 saturated heterocycles. The number of halogens is 1. The largest absolute Gasteiger partial charge is 0.348 e. The number of carbonyl (C=O) groups is 1. The average Bonchev–Trinajstić information content (AvgIpc) is 3.59. The number of amides is 1. The zero-order chi connectivity index (χ0) is 21.9. The van der Waals surface area contributed by atoms with Gasteiger partial charge in [-0.3, -0.25) is 4.79 Å². The standard InChI is InChI=1S/C24H18FN5OS/c25-20-13-17(8-9-21(20)29-11-10-26-16-29)14-27-24(31)19-15-30(18-5-2-1-3-6-18)28-23(19)22-7-4-12-32-22/h1-13,15-16H,14H2,(H,27,31). The molecular weight excluding hydrogens is 425 g/mol. The number of para-hydroxylation sites is 1. The zero-order valence-corrected chi connectivity index (χ0v) is 17.7. The average molecular weight is 444 g/mol. The lowest BCUT2D eigenvalue weighted by molar-refractivity contribution is 0.0951. The van der Waals surface area contributed by atoms with Gasteiger partial charge in [0.2, 0.25) is 0 Å². The van der Waals surface area contributed by atoms with E-state index >= 15 is 0 Å². The van der Waals surface area contributed by atoms with Crippen molar-refractivity contribution in [3.63, 3.8) is 0 Å². The van der Waals surface area contributed by atoms with Crippen LogP contribution < -0.4 is 5.32 Å². The molecular formula is C24H18FN5OS. The highest BCUT2D eigenvalue weighted by Gasteiger charge is 2.19. The predicted octanol–water partition coefficient (Wildman–Crippen LogP) is 4.86. The Labute approximate surface area is 187 Å². The predicted molar refractivity (Wildman–Crippen MR) is 122 cm³/mol. The summed E-state index contributed by atoms with van der Waals surface area (Å²) in [6, 6.07) is 18.4. The van der Waals surface area contributed by atoms with Gasteiger partial charge in [0.15, 0.2) is 0 Å². The molecule has 8 heteroatoms. The Morgan fingerprint density at radius 1 is 1.09 bits per heavy atom. The summed E-state index contributed by atoms with van der Waals surface area (Å²) >= 11 is 1.52. The molecule has 6 nitrogen and oxygen atoms in total. The SMILES string of the molecule is O=C(NCc1ccc(-n2ccnc2)c(F)c1)c1cn(-c2ccccc2)nc1-c1cccs1. The van der Waals surface area contributed by atoms with Crippen LogP contribution in [0.15, 0.2) is 91.0 Å².